The monoisotopic (exact) mass is 988 g/mol. The second-order valence-corrected chi connectivity index (χ2v) is 21.1. The first-order chi connectivity index (χ1) is 29.0. The van der Waals surface area contributed by atoms with Crippen molar-refractivity contribution >= 4 is 69.3 Å². The zero-order chi connectivity index (χ0) is 44.4. The van der Waals surface area contributed by atoms with Gasteiger partial charge in [-0.2, -0.15) is 4.33 Å². The topological polar surface area (TPSA) is 119 Å². The van der Waals surface area contributed by atoms with Gasteiger partial charge in [-0.3, -0.25) is 4.18 Å². The van der Waals surface area contributed by atoms with E-state index in [0.29, 0.717) is 12.5 Å². The van der Waals surface area contributed by atoms with E-state index in [9.17, 15) is 13.8 Å². The first-order valence-corrected chi connectivity index (χ1v) is 25.2. The van der Waals surface area contributed by atoms with Crippen molar-refractivity contribution in [3.05, 3.63) is 64.1 Å². The summed E-state index contributed by atoms with van der Waals surface area (Å²) in [5, 5.41) is 3.42. The lowest BCUT2D eigenvalue weighted by molar-refractivity contribution is -0.160. The Morgan fingerprint density at radius 1 is 0.694 bits per heavy atom. The van der Waals surface area contributed by atoms with Crippen LogP contribution in [0.25, 0.3) is 0 Å². The summed E-state index contributed by atoms with van der Waals surface area (Å²) in [7, 11) is 1.49. The lowest BCUT2D eigenvalue weighted by Gasteiger charge is -2.41. The Labute approximate surface area is 393 Å². The Morgan fingerprint density at radius 2 is 1.11 bits per heavy atom. The third-order valence-electron chi connectivity index (χ3n) is 11.6. The minimum atomic E-state index is -1.23. The van der Waals surface area contributed by atoms with E-state index >= 15 is 0 Å². The van der Waals surface area contributed by atoms with Crippen LogP contribution in [-0.4, -0.2) is 103 Å². The largest absolute Gasteiger partial charge is 0.444 e. The molecule has 2 aromatic rings. The molecule has 0 radical (unpaired) electrons. The zero-order valence-electron chi connectivity index (χ0n) is 38.4. The molecule has 0 aliphatic carbocycles. The number of hydrogen-bond acceptors (Lipinski definition) is 11. The Kier molecular flexibility index (Phi) is 24.0. The Hall–Kier alpha value is -2.11. The van der Waals surface area contributed by atoms with Crippen LogP contribution in [0.4, 0.5) is 15.3 Å². The highest BCUT2D eigenvalue weighted by Gasteiger charge is 2.33. The predicted molar refractivity (Wildman–Crippen MR) is 258 cm³/mol. The summed E-state index contributed by atoms with van der Waals surface area (Å²) in [5.74, 6) is 3.92. The number of carbonyl (C=O) groups excluding carboxylic acids is 2. The molecule has 1 unspecified atom stereocenters. The van der Waals surface area contributed by atoms with Gasteiger partial charge in [0.2, 0.25) is 0 Å². The van der Waals surface area contributed by atoms with Crippen LogP contribution in [-0.2, 0) is 46.3 Å². The fourth-order valence-electron chi connectivity index (χ4n) is 8.38. The standard InChI is InChI=1S/C23H36N2O4S.C15H28N2O2.C8H9BrO2S.ClH/c1-23(2,3)29-22(26)25-15-11-20(12-16-25)19-9-13-24(14-10-19)21-7-5-18(6-8-21)17-28-30(4)27;1-15(2,3)19-14(18)17-10-6-13(7-11-17)12-4-8-16-9-5-12;1-10-11-12-6-7-2-4-8(9)5-3-7;/h5-8,19-20H,9-17H2,1-4H3;12-13,16H,4-11H2,1-3H3;2-5H,6H2,1H3;1H. The van der Waals surface area contributed by atoms with Gasteiger partial charge in [0, 0.05) is 73.5 Å². The molecule has 0 saturated carbocycles. The lowest BCUT2D eigenvalue weighted by atomic mass is 9.79. The Morgan fingerprint density at radius 3 is 1.53 bits per heavy atom. The Bertz CT molecular complexity index is 1600. The number of likely N-dealkylation sites (tertiary alicyclic amines) is 2. The SMILES string of the molecule is CC(C)(C)OC(=O)N1CCC(C2CCNCC2)CC1.COOSCc1ccc(Br)cc1.CS(=O)OCc1ccc(N2CCC(C3CCN(C(=O)OC(C)(C)C)CC3)CC2)cc1.Cl. The third kappa shape index (κ3) is 20.4. The normalized spacial score (nSPS) is 19.0. The fourth-order valence-corrected chi connectivity index (χ4v) is 9.42. The molecule has 352 valence electrons. The first-order valence-electron chi connectivity index (χ1n) is 22.0. The van der Waals surface area contributed by atoms with Gasteiger partial charge in [-0.05, 0) is 165 Å². The van der Waals surface area contributed by atoms with Crippen LogP contribution in [0.1, 0.15) is 104 Å². The van der Waals surface area contributed by atoms with Crippen molar-refractivity contribution in [1.82, 2.24) is 15.1 Å². The van der Waals surface area contributed by atoms with E-state index in [1.54, 1.807) is 6.26 Å². The molecule has 1 atom stereocenters. The van der Waals surface area contributed by atoms with E-state index < -0.39 is 16.7 Å². The summed E-state index contributed by atoms with van der Waals surface area (Å²) in [6.07, 6.45) is 10.7. The highest BCUT2D eigenvalue weighted by Crippen LogP contribution is 2.35. The molecular formula is C46H74BrClN4O8S2. The average molecular weight is 991 g/mol. The number of amides is 2. The molecule has 4 aliphatic heterocycles. The van der Waals surface area contributed by atoms with Crippen molar-refractivity contribution in [3.8, 4) is 0 Å². The van der Waals surface area contributed by atoms with Gasteiger partial charge in [-0.15, -0.1) is 12.4 Å². The molecule has 2 aromatic carbocycles. The number of benzene rings is 2. The van der Waals surface area contributed by atoms with E-state index in [0.717, 1.165) is 112 Å². The van der Waals surface area contributed by atoms with Crippen molar-refractivity contribution in [2.24, 2.45) is 23.7 Å². The highest BCUT2D eigenvalue weighted by molar-refractivity contribution is 9.10. The summed E-state index contributed by atoms with van der Waals surface area (Å²) < 4.78 is 32.9. The molecule has 1 N–H and O–H groups in total. The molecule has 0 aromatic heterocycles. The molecule has 0 bridgehead atoms. The van der Waals surface area contributed by atoms with E-state index in [-0.39, 0.29) is 30.2 Å². The summed E-state index contributed by atoms with van der Waals surface area (Å²) >= 11 is 3.41. The van der Waals surface area contributed by atoms with Gasteiger partial charge in [0.1, 0.15) is 11.2 Å². The van der Waals surface area contributed by atoms with Crippen LogP contribution in [0.3, 0.4) is 0 Å². The van der Waals surface area contributed by atoms with Crippen LogP contribution >= 0.6 is 40.4 Å². The van der Waals surface area contributed by atoms with Crippen LogP contribution in [0, 0.1) is 23.7 Å². The second-order valence-electron chi connectivity index (χ2n) is 18.5. The predicted octanol–water partition coefficient (Wildman–Crippen LogP) is 10.6. The average Bonchev–Trinajstić information content (AvgIpc) is 3.24. The van der Waals surface area contributed by atoms with Crippen molar-refractivity contribution in [2.75, 3.05) is 70.6 Å². The number of ether oxygens (including phenoxy) is 2. The molecule has 16 heteroatoms. The number of rotatable bonds is 10. The van der Waals surface area contributed by atoms with E-state index in [4.69, 9.17) is 13.7 Å². The minimum absolute atomic E-state index is 0. The van der Waals surface area contributed by atoms with Gasteiger partial charge in [-0.25, -0.2) is 18.7 Å². The molecule has 4 aliphatic rings. The molecule has 4 saturated heterocycles. The number of nitrogens with one attached hydrogen (secondary N) is 1. The highest BCUT2D eigenvalue weighted by atomic mass is 79.9. The molecular weight excluding hydrogens is 916 g/mol. The molecule has 6 rings (SSSR count). The number of anilines is 1. The van der Waals surface area contributed by atoms with Gasteiger partial charge >= 0.3 is 12.2 Å². The summed E-state index contributed by atoms with van der Waals surface area (Å²) in [4.78, 5) is 34.9. The first kappa shape index (κ1) is 54.2. The maximum Gasteiger partial charge on any atom is 0.410 e. The van der Waals surface area contributed by atoms with Crippen molar-refractivity contribution < 1.29 is 36.7 Å². The second kappa shape index (κ2) is 27.4. The van der Waals surface area contributed by atoms with E-state index in [2.05, 4.69) is 59.6 Å². The Balaban J connectivity index is 0.000000273. The van der Waals surface area contributed by atoms with E-state index in [1.165, 1.54) is 56.1 Å². The summed E-state index contributed by atoms with van der Waals surface area (Å²) in [5.41, 5.74) is 2.68. The molecule has 4 heterocycles. The summed E-state index contributed by atoms with van der Waals surface area (Å²) in [6, 6.07) is 16.5. The molecule has 2 amide bonds. The molecule has 0 spiro atoms. The van der Waals surface area contributed by atoms with Gasteiger partial charge in [-0.1, -0.05) is 40.2 Å². The fraction of sp³-hybridized carbons (Fsp3) is 0.696. The molecule has 4 fully saturated rings. The molecule has 62 heavy (non-hydrogen) atoms. The number of hydrogen-bond donors (Lipinski definition) is 1. The maximum atomic E-state index is 12.3. The summed E-state index contributed by atoms with van der Waals surface area (Å²) in [6.45, 7) is 19.7. The van der Waals surface area contributed by atoms with Crippen LogP contribution in [0.15, 0.2) is 53.0 Å². The van der Waals surface area contributed by atoms with Crippen LogP contribution in [0.5, 0.6) is 0 Å². The van der Waals surface area contributed by atoms with Gasteiger partial charge in [0.25, 0.3) is 0 Å². The third-order valence-corrected chi connectivity index (χ3v) is 13.2. The van der Waals surface area contributed by atoms with Gasteiger partial charge in [0.15, 0.2) is 11.1 Å². The van der Waals surface area contributed by atoms with Crippen molar-refractivity contribution in [3.63, 3.8) is 0 Å². The zero-order valence-corrected chi connectivity index (χ0v) is 42.4. The molecule has 12 nitrogen and oxygen atoms in total. The smallest absolute Gasteiger partial charge is 0.410 e. The van der Waals surface area contributed by atoms with E-state index in [1.807, 2.05) is 75.6 Å². The number of piperidine rings is 4. The number of halogens is 2. The van der Waals surface area contributed by atoms with Crippen LogP contribution < -0.4 is 10.2 Å². The van der Waals surface area contributed by atoms with Gasteiger partial charge < -0.3 is 29.5 Å². The quantitative estimate of drug-likeness (QED) is 0.106. The number of nitrogens with zero attached hydrogens (tertiary/aromatic N) is 3. The van der Waals surface area contributed by atoms with Crippen molar-refractivity contribution in [1.29, 1.82) is 0 Å². The van der Waals surface area contributed by atoms with Gasteiger partial charge in [0.05, 0.1) is 13.7 Å². The minimum Gasteiger partial charge on any atom is -0.444 e. The number of carbonyl (C=O) groups is 2. The lowest BCUT2D eigenvalue weighted by Crippen LogP contribution is -2.44. The maximum absolute atomic E-state index is 12.3. The van der Waals surface area contributed by atoms with Crippen LogP contribution in [0.2, 0.25) is 0 Å². The van der Waals surface area contributed by atoms with Crippen molar-refractivity contribution in [2.45, 2.75) is 116 Å².